The summed E-state index contributed by atoms with van der Waals surface area (Å²) in [5, 5.41) is 0. The fourth-order valence-corrected chi connectivity index (χ4v) is 4.89. The third-order valence-electron chi connectivity index (χ3n) is 5.43. The molecule has 0 aromatic heterocycles. The number of rotatable bonds is 1. The maximum absolute atomic E-state index is 8.63. The van der Waals surface area contributed by atoms with Gasteiger partial charge >= 0.3 is 0 Å². The Morgan fingerprint density at radius 1 is 1.00 bits per heavy atom. The first kappa shape index (κ1) is 15.2. The van der Waals surface area contributed by atoms with E-state index in [-0.39, 0.29) is 0 Å². The highest BCUT2D eigenvalue weighted by molar-refractivity contribution is 7.79. The molecule has 4 aliphatic carbocycles. The van der Waals surface area contributed by atoms with E-state index in [1.54, 1.807) is 19.3 Å². The van der Waals surface area contributed by atoms with Gasteiger partial charge in [-0.1, -0.05) is 0 Å². The molecule has 0 aromatic carbocycles. The Bertz CT molecular complexity index is 395. The smallest absolute Gasteiger partial charge is 0.215 e. The third kappa shape index (κ3) is 3.48. The summed E-state index contributed by atoms with van der Waals surface area (Å²) in [5.41, 5.74) is 0.675. The summed E-state index contributed by atoms with van der Waals surface area (Å²) in [6, 6.07) is 0. The molecule has 6 heteroatoms. The lowest BCUT2D eigenvalue weighted by Crippen LogP contribution is -2.65. The molecule has 0 saturated heterocycles. The standard InChI is InChI=1S/C13H24N.H2O4S/c1-14(2,3)13-7-10-4-11(8-13)6-12(5-10)9-13;1-5(2,3)4/h10-12H,4-9H2,1-3H3;(H2,1,2,3,4)/q+1;/p-1. The molecule has 0 spiro atoms. The van der Waals surface area contributed by atoms with Gasteiger partial charge in [-0.3, -0.25) is 4.55 Å². The Morgan fingerprint density at radius 3 is 1.47 bits per heavy atom. The van der Waals surface area contributed by atoms with Gasteiger partial charge in [-0.2, -0.15) is 0 Å². The molecule has 4 rings (SSSR count). The lowest BCUT2D eigenvalue weighted by Gasteiger charge is -2.61. The van der Waals surface area contributed by atoms with E-state index in [9.17, 15) is 0 Å². The van der Waals surface area contributed by atoms with E-state index in [4.69, 9.17) is 17.5 Å². The number of nitrogens with zero attached hydrogens (tertiary/aromatic N) is 1. The molecule has 0 aromatic rings. The highest BCUT2D eigenvalue weighted by atomic mass is 32.3. The first-order valence-electron chi connectivity index (χ1n) is 6.98. The molecule has 0 unspecified atom stereocenters. The first-order valence-corrected chi connectivity index (χ1v) is 8.35. The van der Waals surface area contributed by atoms with Crippen LogP contribution in [0.5, 0.6) is 0 Å². The van der Waals surface area contributed by atoms with E-state index in [0.717, 1.165) is 17.8 Å². The lowest BCUT2D eigenvalue weighted by molar-refractivity contribution is -0.930. The third-order valence-corrected chi connectivity index (χ3v) is 5.43. The van der Waals surface area contributed by atoms with Gasteiger partial charge in [-0.15, -0.1) is 0 Å². The Hall–Kier alpha value is -0.170. The van der Waals surface area contributed by atoms with Gasteiger partial charge < -0.3 is 9.04 Å². The van der Waals surface area contributed by atoms with Crippen LogP contribution in [0.2, 0.25) is 0 Å². The van der Waals surface area contributed by atoms with Crippen LogP contribution < -0.4 is 0 Å². The molecule has 0 radical (unpaired) electrons. The SMILES string of the molecule is C[N+](C)(C)C12CC3CC(CC(C3)C1)C2.O=S(=O)([O-])O. The van der Waals surface area contributed by atoms with Crippen molar-refractivity contribution in [3.8, 4) is 0 Å². The van der Waals surface area contributed by atoms with E-state index in [0.29, 0.717) is 5.54 Å². The van der Waals surface area contributed by atoms with Crippen LogP contribution in [0, 0.1) is 17.8 Å². The van der Waals surface area contributed by atoms with E-state index in [1.807, 2.05) is 0 Å². The van der Waals surface area contributed by atoms with Gasteiger partial charge in [-0.25, -0.2) is 8.42 Å². The fourth-order valence-electron chi connectivity index (χ4n) is 4.89. The summed E-state index contributed by atoms with van der Waals surface area (Å²) in [6.45, 7) is 0. The van der Waals surface area contributed by atoms with Crippen LogP contribution in [0.15, 0.2) is 0 Å². The van der Waals surface area contributed by atoms with Crippen LogP contribution in [0.3, 0.4) is 0 Å². The van der Waals surface area contributed by atoms with Crippen LogP contribution in [-0.4, -0.2) is 48.7 Å². The van der Waals surface area contributed by atoms with Crippen molar-refractivity contribution in [2.45, 2.75) is 44.1 Å². The van der Waals surface area contributed by atoms with E-state index in [1.165, 1.54) is 23.7 Å². The van der Waals surface area contributed by atoms with Crippen molar-refractivity contribution in [2.75, 3.05) is 21.1 Å². The largest absolute Gasteiger partial charge is 0.726 e. The van der Waals surface area contributed by atoms with Crippen molar-refractivity contribution >= 4 is 10.4 Å². The lowest BCUT2D eigenvalue weighted by atomic mass is 9.52. The van der Waals surface area contributed by atoms with Crippen molar-refractivity contribution in [1.29, 1.82) is 0 Å². The minimum absolute atomic E-state index is 0.675. The monoisotopic (exact) mass is 291 g/mol. The van der Waals surface area contributed by atoms with Crippen LogP contribution in [-0.2, 0) is 10.4 Å². The molecule has 4 bridgehead atoms. The molecular formula is C13H25NO4S. The second-order valence-electron chi connectivity index (χ2n) is 7.58. The first-order chi connectivity index (χ1) is 8.48. The number of hydrogen-bond donors (Lipinski definition) is 1. The van der Waals surface area contributed by atoms with Crippen molar-refractivity contribution in [3.05, 3.63) is 0 Å². The van der Waals surface area contributed by atoms with E-state index < -0.39 is 10.4 Å². The molecule has 0 amide bonds. The van der Waals surface area contributed by atoms with Crippen LogP contribution in [0.1, 0.15) is 38.5 Å². The summed E-state index contributed by atoms with van der Waals surface area (Å²) in [6.07, 6.45) is 9.30. The predicted octanol–water partition coefficient (Wildman–Crippen LogP) is 1.67. The topological polar surface area (TPSA) is 77.4 Å². The molecule has 4 fully saturated rings. The maximum Gasteiger partial charge on any atom is 0.215 e. The van der Waals surface area contributed by atoms with Crippen LogP contribution in [0.4, 0.5) is 0 Å². The minimum atomic E-state index is -4.92. The summed E-state index contributed by atoms with van der Waals surface area (Å²) in [4.78, 5) is 0. The van der Waals surface area contributed by atoms with Crippen molar-refractivity contribution in [1.82, 2.24) is 0 Å². The van der Waals surface area contributed by atoms with Crippen molar-refractivity contribution < 1.29 is 22.0 Å². The summed E-state index contributed by atoms with van der Waals surface area (Å²) >= 11 is 0. The van der Waals surface area contributed by atoms with E-state index in [2.05, 4.69) is 21.1 Å². The second-order valence-corrected chi connectivity index (χ2v) is 8.44. The average Bonchev–Trinajstić information content (AvgIpc) is 2.09. The number of quaternary nitrogens is 1. The van der Waals surface area contributed by atoms with Gasteiger partial charge in [0.05, 0.1) is 26.7 Å². The average molecular weight is 291 g/mol. The fraction of sp³-hybridized carbons (Fsp3) is 1.00. The normalized spacial score (nSPS) is 40.8. The van der Waals surface area contributed by atoms with Crippen molar-refractivity contribution in [2.24, 2.45) is 17.8 Å². The van der Waals surface area contributed by atoms with Gasteiger partial charge in [0, 0.05) is 19.3 Å². The molecule has 1 N–H and O–H groups in total. The van der Waals surface area contributed by atoms with Crippen LogP contribution >= 0.6 is 0 Å². The molecular weight excluding hydrogens is 266 g/mol. The Kier molecular flexibility index (Phi) is 3.75. The molecule has 0 atom stereocenters. The molecule has 19 heavy (non-hydrogen) atoms. The Morgan fingerprint density at radius 2 is 1.26 bits per heavy atom. The molecule has 112 valence electrons. The number of hydrogen-bond acceptors (Lipinski definition) is 3. The zero-order valence-electron chi connectivity index (χ0n) is 12.0. The Balaban J connectivity index is 0.000000232. The molecule has 4 saturated carbocycles. The zero-order chi connectivity index (χ0) is 14.5. The molecule has 4 aliphatic rings. The maximum atomic E-state index is 8.63. The molecule has 0 heterocycles. The molecule has 0 aliphatic heterocycles. The summed E-state index contributed by atoms with van der Waals surface area (Å²) in [7, 11) is 2.35. The second kappa shape index (κ2) is 4.69. The van der Waals surface area contributed by atoms with E-state index >= 15 is 0 Å². The van der Waals surface area contributed by atoms with Crippen LogP contribution in [0.25, 0.3) is 0 Å². The predicted molar refractivity (Wildman–Crippen MR) is 71.3 cm³/mol. The van der Waals surface area contributed by atoms with Crippen molar-refractivity contribution in [3.63, 3.8) is 0 Å². The highest BCUT2D eigenvalue weighted by Crippen LogP contribution is 2.58. The van der Waals surface area contributed by atoms with Gasteiger partial charge in [0.2, 0.25) is 10.4 Å². The minimum Gasteiger partial charge on any atom is -0.726 e. The van der Waals surface area contributed by atoms with Gasteiger partial charge in [0.1, 0.15) is 0 Å². The quantitative estimate of drug-likeness (QED) is 0.453. The highest BCUT2D eigenvalue weighted by Gasteiger charge is 2.57. The van der Waals surface area contributed by atoms with Gasteiger partial charge in [-0.05, 0) is 37.0 Å². The molecule has 5 nitrogen and oxygen atoms in total. The van der Waals surface area contributed by atoms with Gasteiger partial charge in [0.25, 0.3) is 0 Å². The summed E-state index contributed by atoms with van der Waals surface area (Å²) < 4.78 is 34.1. The van der Waals surface area contributed by atoms with Gasteiger partial charge in [0.15, 0.2) is 0 Å². The zero-order valence-corrected chi connectivity index (χ0v) is 12.8. The summed E-state index contributed by atoms with van der Waals surface area (Å²) in [5.74, 6) is 3.29. The Labute approximate surface area is 116 Å².